The third-order valence-corrected chi connectivity index (χ3v) is 5.32. The van der Waals surface area contributed by atoms with Gasteiger partial charge in [-0.2, -0.15) is 0 Å². The van der Waals surface area contributed by atoms with E-state index in [2.05, 4.69) is 10.6 Å². The van der Waals surface area contributed by atoms with E-state index in [1.807, 2.05) is 0 Å². The van der Waals surface area contributed by atoms with Gasteiger partial charge in [0.2, 0.25) is 11.8 Å². The predicted molar refractivity (Wildman–Crippen MR) is 103 cm³/mol. The van der Waals surface area contributed by atoms with E-state index in [1.165, 1.54) is 24.3 Å². The van der Waals surface area contributed by atoms with E-state index in [0.29, 0.717) is 38.5 Å². The molecule has 0 aliphatic carbocycles. The maximum absolute atomic E-state index is 12.3. The molecule has 2 N–H and O–H groups in total. The summed E-state index contributed by atoms with van der Waals surface area (Å²) in [6.07, 6.45) is 8.00. The normalized spacial score (nSPS) is 23.6. The maximum atomic E-state index is 12.3. The number of carbonyl (C=O) groups excluding carboxylic acids is 6. The van der Waals surface area contributed by atoms with E-state index < -0.39 is 12.1 Å². The molecule has 30 heavy (non-hydrogen) atoms. The molecule has 3 heterocycles. The van der Waals surface area contributed by atoms with Crippen LogP contribution in [0.15, 0.2) is 24.3 Å². The summed E-state index contributed by atoms with van der Waals surface area (Å²) in [6, 6.07) is -1.27. The largest absolute Gasteiger partial charge is 0.343 e. The molecular weight excluding hydrogens is 392 g/mol. The molecule has 0 radical (unpaired) electrons. The summed E-state index contributed by atoms with van der Waals surface area (Å²) in [6.45, 7) is 0.570. The molecule has 0 aromatic rings. The summed E-state index contributed by atoms with van der Waals surface area (Å²) in [7, 11) is 0. The molecule has 1 saturated heterocycles. The lowest BCUT2D eigenvalue weighted by Crippen LogP contribution is -2.61. The van der Waals surface area contributed by atoms with Crippen LogP contribution in [0.3, 0.4) is 0 Å². The number of nitrogens with zero attached hydrogens (tertiary/aromatic N) is 2. The maximum Gasteiger partial charge on any atom is 0.253 e. The Hall–Kier alpha value is -3.30. The second-order valence-corrected chi connectivity index (χ2v) is 7.44. The Kier molecular flexibility index (Phi) is 6.76. The number of nitrogens with one attached hydrogen (secondary N) is 2. The minimum Gasteiger partial charge on any atom is -0.343 e. The van der Waals surface area contributed by atoms with Crippen molar-refractivity contribution in [3.05, 3.63) is 24.3 Å². The van der Waals surface area contributed by atoms with Gasteiger partial charge in [-0.1, -0.05) is 0 Å². The van der Waals surface area contributed by atoms with Crippen molar-refractivity contribution in [3.8, 4) is 0 Å². The molecule has 0 bridgehead atoms. The minimum atomic E-state index is -0.636. The van der Waals surface area contributed by atoms with Crippen LogP contribution in [0.1, 0.15) is 38.5 Å². The van der Waals surface area contributed by atoms with Crippen LogP contribution < -0.4 is 10.6 Å². The highest BCUT2D eigenvalue weighted by molar-refractivity contribution is 6.13. The lowest BCUT2D eigenvalue weighted by atomic mass is 10.0. The molecule has 0 spiro atoms. The van der Waals surface area contributed by atoms with Gasteiger partial charge in [0.1, 0.15) is 12.1 Å². The molecule has 0 aromatic heterocycles. The Bertz CT molecular complexity index is 729. The summed E-state index contributed by atoms with van der Waals surface area (Å²) < 4.78 is 0. The van der Waals surface area contributed by atoms with Gasteiger partial charge in [-0.15, -0.1) is 0 Å². The zero-order chi connectivity index (χ0) is 21.7. The SMILES string of the molecule is O=C1NC(CCCCN2C(=O)C=CC2=O)C(=O)NC1CCCCN1C(=O)C=CC1=O. The van der Waals surface area contributed by atoms with Crippen LogP contribution in [0.2, 0.25) is 0 Å². The first-order chi connectivity index (χ1) is 14.4. The molecule has 2 unspecified atom stereocenters. The highest BCUT2D eigenvalue weighted by Crippen LogP contribution is 2.13. The van der Waals surface area contributed by atoms with Gasteiger partial charge in [-0.3, -0.25) is 38.6 Å². The van der Waals surface area contributed by atoms with E-state index in [4.69, 9.17) is 0 Å². The monoisotopic (exact) mass is 416 g/mol. The van der Waals surface area contributed by atoms with Crippen LogP contribution in [-0.4, -0.2) is 70.4 Å². The zero-order valence-electron chi connectivity index (χ0n) is 16.5. The quantitative estimate of drug-likeness (QED) is 0.352. The lowest BCUT2D eigenvalue weighted by Gasteiger charge is -2.30. The Morgan fingerprint density at radius 1 is 0.567 bits per heavy atom. The highest BCUT2D eigenvalue weighted by Gasteiger charge is 2.33. The minimum absolute atomic E-state index is 0.260. The van der Waals surface area contributed by atoms with Crippen molar-refractivity contribution in [2.24, 2.45) is 0 Å². The van der Waals surface area contributed by atoms with Gasteiger partial charge >= 0.3 is 0 Å². The Balaban J connectivity index is 1.32. The first-order valence-electron chi connectivity index (χ1n) is 10.0. The van der Waals surface area contributed by atoms with Crippen molar-refractivity contribution < 1.29 is 28.8 Å². The number of imide groups is 2. The van der Waals surface area contributed by atoms with Crippen molar-refractivity contribution in [1.82, 2.24) is 20.4 Å². The average Bonchev–Trinajstić information content (AvgIpc) is 3.20. The van der Waals surface area contributed by atoms with Crippen molar-refractivity contribution in [3.63, 3.8) is 0 Å². The fourth-order valence-electron chi connectivity index (χ4n) is 3.62. The molecular formula is C20H24N4O6. The predicted octanol–water partition coefficient (Wildman–Crippen LogP) is -0.840. The van der Waals surface area contributed by atoms with Crippen LogP contribution in [0.25, 0.3) is 0 Å². The number of hydrogen-bond acceptors (Lipinski definition) is 6. The topological polar surface area (TPSA) is 133 Å². The molecule has 3 aliphatic heterocycles. The number of hydrogen-bond donors (Lipinski definition) is 2. The van der Waals surface area contributed by atoms with Crippen molar-refractivity contribution in [1.29, 1.82) is 0 Å². The van der Waals surface area contributed by atoms with Gasteiger partial charge in [0.25, 0.3) is 23.6 Å². The van der Waals surface area contributed by atoms with Gasteiger partial charge in [0, 0.05) is 37.4 Å². The first-order valence-corrected chi connectivity index (χ1v) is 10.0. The Labute approximate surface area is 173 Å². The summed E-state index contributed by atoms with van der Waals surface area (Å²) in [5.41, 5.74) is 0. The highest BCUT2D eigenvalue weighted by atomic mass is 16.2. The molecule has 3 aliphatic rings. The van der Waals surface area contributed by atoms with E-state index in [0.717, 1.165) is 9.80 Å². The molecule has 6 amide bonds. The van der Waals surface area contributed by atoms with Crippen LogP contribution in [0, 0.1) is 0 Å². The van der Waals surface area contributed by atoms with E-state index in [9.17, 15) is 28.8 Å². The Morgan fingerprint density at radius 3 is 1.23 bits per heavy atom. The first kappa shape index (κ1) is 21.4. The second kappa shape index (κ2) is 9.47. The summed E-state index contributed by atoms with van der Waals surface area (Å²) >= 11 is 0. The smallest absolute Gasteiger partial charge is 0.253 e. The molecule has 0 saturated carbocycles. The standard InChI is InChI=1S/C20H24N4O6/c25-15-7-8-16(26)23(15)11-3-1-5-13-19(29)22-14(20(30)21-13)6-2-4-12-24-17(27)9-10-18(24)28/h7-10,13-14H,1-6,11-12H2,(H,21,30)(H,22,29). The third-order valence-electron chi connectivity index (χ3n) is 5.32. The number of unbranched alkanes of at least 4 members (excludes halogenated alkanes) is 2. The van der Waals surface area contributed by atoms with Gasteiger partial charge in [0.15, 0.2) is 0 Å². The fraction of sp³-hybridized carbons (Fsp3) is 0.500. The fourth-order valence-corrected chi connectivity index (χ4v) is 3.62. The molecule has 10 heteroatoms. The summed E-state index contributed by atoms with van der Waals surface area (Å²) in [5, 5.41) is 5.44. The van der Waals surface area contributed by atoms with Crippen LogP contribution in [0.4, 0.5) is 0 Å². The zero-order valence-corrected chi connectivity index (χ0v) is 16.5. The second-order valence-electron chi connectivity index (χ2n) is 7.44. The van der Waals surface area contributed by atoms with Crippen LogP contribution in [-0.2, 0) is 28.8 Å². The molecule has 160 valence electrons. The summed E-state index contributed by atoms with van der Waals surface area (Å²) in [4.78, 5) is 72.8. The molecule has 3 rings (SSSR count). The van der Waals surface area contributed by atoms with E-state index >= 15 is 0 Å². The van der Waals surface area contributed by atoms with Gasteiger partial charge in [-0.05, 0) is 38.5 Å². The van der Waals surface area contributed by atoms with Crippen LogP contribution >= 0.6 is 0 Å². The Morgan fingerprint density at radius 2 is 0.900 bits per heavy atom. The third kappa shape index (κ3) is 5.00. The molecule has 2 atom stereocenters. The van der Waals surface area contributed by atoms with E-state index in [-0.39, 0.29) is 48.5 Å². The number of rotatable bonds is 10. The molecule has 0 aromatic carbocycles. The molecule has 10 nitrogen and oxygen atoms in total. The van der Waals surface area contributed by atoms with Crippen molar-refractivity contribution >= 4 is 35.4 Å². The van der Waals surface area contributed by atoms with Gasteiger partial charge in [0.05, 0.1) is 0 Å². The van der Waals surface area contributed by atoms with Crippen molar-refractivity contribution in [2.45, 2.75) is 50.6 Å². The van der Waals surface area contributed by atoms with Crippen molar-refractivity contribution in [2.75, 3.05) is 13.1 Å². The number of amides is 6. The number of carbonyl (C=O) groups is 6. The lowest BCUT2D eigenvalue weighted by molar-refractivity contribution is -0.138. The van der Waals surface area contributed by atoms with Gasteiger partial charge < -0.3 is 10.6 Å². The van der Waals surface area contributed by atoms with E-state index in [1.54, 1.807) is 0 Å². The van der Waals surface area contributed by atoms with Gasteiger partial charge in [-0.25, -0.2) is 0 Å². The molecule has 1 fully saturated rings. The average molecular weight is 416 g/mol. The summed E-state index contributed by atoms with van der Waals surface area (Å²) in [5.74, 6) is -1.85. The van der Waals surface area contributed by atoms with Crippen LogP contribution in [0.5, 0.6) is 0 Å². The number of piperazine rings is 1.